The Kier molecular flexibility index (Phi) is 4.00. The fraction of sp³-hybridized carbons (Fsp3) is 0.269. The number of carbonyl (C=O) groups is 3. The van der Waals surface area contributed by atoms with Crippen molar-refractivity contribution in [3.63, 3.8) is 0 Å². The van der Waals surface area contributed by atoms with Gasteiger partial charge in [-0.2, -0.15) is 0 Å². The first-order chi connectivity index (χ1) is 15.1. The molecule has 1 saturated heterocycles. The van der Waals surface area contributed by atoms with Gasteiger partial charge in [0.25, 0.3) is 0 Å². The molecular formula is C26H21NO4. The molecule has 4 unspecified atom stereocenters. The maximum absolute atomic E-state index is 13.1. The van der Waals surface area contributed by atoms with Crippen LogP contribution in [-0.4, -0.2) is 17.8 Å². The van der Waals surface area contributed by atoms with E-state index < -0.39 is 5.97 Å². The highest BCUT2D eigenvalue weighted by molar-refractivity contribution is 6.22. The van der Waals surface area contributed by atoms with Gasteiger partial charge in [-0.25, -0.2) is 4.79 Å². The maximum Gasteiger partial charge on any atom is 0.343 e. The van der Waals surface area contributed by atoms with Gasteiger partial charge >= 0.3 is 5.97 Å². The Hall–Kier alpha value is -3.47. The number of nitrogens with zero attached hydrogens (tertiary/aromatic N) is 1. The minimum atomic E-state index is -0.517. The SMILES string of the molecule is O=C(Oc1ccc2ccccc2c1)c1cccc(N2C(=O)C3C4CCC(C4)C3C2=O)c1. The van der Waals surface area contributed by atoms with Crippen LogP contribution >= 0.6 is 0 Å². The molecule has 2 amide bonds. The number of hydrogen-bond donors (Lipinski definition) is 0. The molecule has 154 valence electrons. The number of anilines is 1. The number of ether oxygens (including phenoxy) is 1. The number of benzene rings is 3. The van der Waals surface area contributed by atoms with Crippen molar-refractivity contribution >= 4 is 34.2 Å². The first-order valence-corrected chi connectivity index (χ1v) is 10.8. The standard InChI is InChI=1S/C26H21NO4/c28-24-22-17-8-9-18(12-17)23(22)25(29)27(24)20-7-3-6-19(13-20)26(30)31-21-11-10-15-4-1-2-5-16(15)14-21/h1-7,10-11,13-14,17-18,22-23H,8-9,12H2. The third-order valence-electron chi connectivity index (χ3n) is 7.20. The second kappa shape index (κ2) is 6.77. The third-order valence-corrected chi connectivity index (χ3v) is 7.20. The topological polar surface area (TPSA) is 63.7 Å². The zero-order valence-corrected chi connectivity index (χ0v) is 16.9. The number of fused-ring (bicyclic) bond motifs is 6. The molecule has 3 aromatic carbocycles. The summed E-state index contributed by atoms with van der Waals surface area (Å²) < 4.78 is 5.57. The molecule has 31 heavy (non-hydrogen) atoms. The summed E-state index contributed by atoms with van der Waals surface area (Å²) in [6.07, 6.45) is 3.08. The Morgan fingerprint density at radius 1 is 0.806 bits per heavy atom. The highest BCUT2D eigenvalue weighted by Gasteiger charge is 2.61. The van der Waals surface area contributed by atoms with Gasteiger partial charge in [0.1, 0.15) is 5.75 Å². The Labute approximate surface area is 179 Å². The fourth-order valence-electron chi connectivity index (χ4n) is 5.83. The molecule has 2 saturated carbocycles. The molecule has 5 nitrogen and oxygen atoms in total. The summed E-state index contributed by atoms with van der Waals surface area (Å²) in [5.41, 5.74) is 0.767. The van der Waals surface area contributed by atoms with Crippen LogP contribution in [0.15, 0.2) is 66.7 Å². The normalized spacial score (nSPS) is 26.5. The predicted molar refractivity (Wildman–Crippen MR) is 116 cm³/mol. The number of carbonyl (C=O) groups excluding carboxylic acids is 3. The van der Waals surface area contributed by atoms with Crippen LogP contribution in [0.25, 0.3) is 10.8 Å². The molecule has 1 heterocycles. The van der Waals surface area contributed by atoms with Gasteiger partial charge in [-0.3, -0.25) is 14.5 Å². The first-order valence-electron chi connectivity index (χ1n) is 10.8. The first kappa shape index (κ1) is 18.3. The number of imide groups is 1. The predicted octanol–water partition coefficient (Wildman–Crippen LogP) is 4.59. The third kappa shape index (κ3) is 2.80. The fourth-order valence-corrected chi connectivity index (χ4v) is 5.83. The van der Waals surface area contributed by atoms with Crippen molar-refractivity contribution in [3.05, 3.63) is 72.3 Å². The van der Waals surface area contributed by atoms with Crippen LogP contribution in [0.5, 0.6) is 5.75 Å². The van der Waals surface area contributed by atoms with Gasteiger partial charge in [-0.15, -0.1) is 0 Å². The molecule has 2 aliphatic carbocycles. The van der Waals surface area contributed by atoms with Crippen molar-refractivity contribution in [2.45, 2.75) is 19.3 Å². The number of esters is 1. The molecular weight excluding hydrogens is 390 g/mol. The van der Waals surface area contributed by atoms with Crippen LogP contribution < -0.4 is 9.64 Å². The average molecular weight is 411 g/mol. The summed E-state index contributed by atoms with van der Waals surface area (Å²) in [4.78, 5) is 40.2. The lowest BCUT2D eigenvalue weighted by Gasteiger charge is -2.19. The molecule has 0 spiro atoms. The van der Waals surface area contributed by atoms with Crippen molar-refractivity contribution in [2.24, 2.45) is 23.7 Å². The second-order valence-electron chi connectivity index (χ2n) is 8.85. The zero-order chi connectivity index (χ0) is 21.1. The van der Waals surface area contributed by atoms with Crippen LogP contribution in [0.1, 0.15) is 29.6 Å². The van der Waals surface area contributed by atoms with Gasteiger partial charge in [0, 0.05) is 0 Å². The van der Waals surface area contributed by atoms with Crippen LogP contribution in [0.3, 0.4) is 0 Å². The second-order valence-corrected chi connectivity index (χ2v) is 8.85. The molecule has 0 radical (unpaired) electrons. The molecule has 3 aliphatic rings. The van der Waals surface area contributed by atoms with E-state index in [0.717, 1.165) is 30.0 Å². The van der Waals surface area contributed by atoms with Crippen molar-refractivity contribution in [3.8, 4) is 5.75 Å². The van der Waals surface area contributed by atoms with Crippen LogP contribution in [-0.2, 0) is 9.59 Å². The number of rotatable bonds is 3. The molecule has 3 aromatic rings. The molecule has 3 fully saturated rings. The highest BCUT2D eigenvalue weighted by Crippen LogP contribution is 2.56. The van der Waals surface area contributed by atoms with Gasteiger partial charge in [0.15, 0.2) is 0 Å². The van der Waals surface area contributed by atoms with E-state index >= 15 is 0 Å². The summed E-state index contributed by atoms with van der Waals surface area (Å²) in [6, 6.07) is 20.0. The van der Waals surface area contributed by atoms with Crippen LogP contribution in [0.4, 0.5) is 5.69 Å². The van der Waals surface area contributed by atoms with E-state index in [1.807, 2.05) is 36.4 Å². The summed E-state index contributed by atoms with van der Waals surface area (Å²) in [5.74, 6) is 0.0171. The van der Waals surface area contributed by atoms with E-state index in [-0.39, 0.29) is 23.7 Å². The van der Waals surface area contributed by atoms with Crippen molar-refractivity contribution in [1.82, 2.24) is 0 Å². The lowest BCUT2D eigenvalue weighted by Crippen LogP contribution is -2.32. The van der Waals surface area contributed by atoms with E-state index in [4.69, 9.17) is 4.74 Å². The highest BCUT2D eigenvalue weighted by atomic mass is 16.5. The summed E-state index contributed by atoms with van der Waals surface area (Å²) in [6.45, 7) is 0. The molecule has 5 heteroatoms. The van der Waals surface area contributed by atoms with Gasteiger partial charge in [0.05, 0.1) is 23.1 Å². The van der Waals surface area contributed by atoms with Crippen molar-refractivity contribution in [1.29, 1.82) is 0 Å². The van der Waals surface area contributed by atoms with E-state index in [2.05, 4.69) is 0 Å². The largest absolute Gasteiger partial charge is 0.423 e. The summed E-state index contributed by atoms with van der Waals surface area (Å²) in [5, 5.41) is 2.05. The zero-order valence-electron chi connectivity index (χ0n) is 16.9. The van der Waals surface area contributed by atoms with E-state index in [9.17, 15) is 14.4 Å². The minimum Gasteiger partial charge on any atom is -0.423 e. The summed E-state index contributed by atoms with van der Waals surface area (Å²) in [7, 11) is 0. The number of amides is 2. The smallest absolute Gasteiger partial charge is 0.343 e. The molecule has 1 aliphatic heterocycles. The van der Waals surface area contributed by atoms with Crippen LogP contribution in [0.2, 0.25) is 0 Å². The molecule has 0 N–H and O–H groups in total. The minimum absolute atomic E-state index is 0.109. The Morgan fingerprint density at radius 2 is 1.52 bits per heavy atom. The van der Waals surface area contributed by atoms with Gasteiger partial charge in [-0.1, -0.05) is 36.4 Å². The molecule has 2 bridgehead atoms. The van der Waals surface area contributed by atoms with E-state index in [1.54, 1.807) is 30.3 Å². The lowest BCUT2D eigenvalue weighted by atomic mass is 9.81. The van der Waals surface area contributed by atoms with Crippen LogP contribution in [0, 0.1) is 23.7 Å². The van der Waals surface area contributed by atoms with E-state index in [1.165, 1.54) is 4.90 Å². The molecule has 4 atom stereocenters. The van der Waals surface area contributed by atoms with Gasteiger partial charge in [-0.05, 0) is 72.2 Å². The van der Waals surface area contributed by atoms with Crippen molar-refractivity contribution < 1.29 is 19.1 Å². The summed E-state index contributed by atoms with van der Waals surface area (Å²) >= 11 is 0. The van der Waals surface area contributed by atoms with Gasteiger partial charge in [0.2, 0.25) is 11.8 Å². The Morgan fingerprint density at radius 3 is 2.26 bits per heavy atom. The van der Waals surface area contributed by atoms with Crippen molar-refractivity contribution in [2.75, 3.05) is 4.90 Å². The molecule has 0 aromatic heterocycles. The maximum atomic E-state index is 13.1. The van der Waals surface area contributed by atoms with Gasteiger partial charge < -0.3 is 4.74 Å². The quantitative estimate of drug-likeness (QED) is 0.359. The number of hydrogen-bond acceptors (Lipinski definition) is 4. The molecule has 6 rings (SSSR count). The Balaban J connectivity index is 1.26. The van der Waals surface area contributed by atoms with E-state index in [0.29, 0.717) is 28.8 Å². The lowest BCUT2D eigenvalue weighted by molar-refractivity contribution is -0.123. The Bertz CT molecular complexity index is 1220. The monoisotopic (exact) mass is 411 g/mol. The average Bonchev–Trinajstić information content (AvgIpc) is 3.47.